The fraction of sp³-hybridized carbons (Fsp3) is 0.273. The molecule has 0 saturated carbocycles. The van der Waals surface area contributed by atoms with E-state index < -0.39 is 5.97 Å². The Bertz CT molecular complexity index is 1150. The summed E-state index contributed by atoms with van der Waals surface area (Å²) in [7, 11) is 0. The summed E-state index contributed by atoms with van der Waals surface area (Å²) in [5.74, 6) is -0.812. The van der Waals surface area contributed by atoms with Gasteiger partial charge in [0, 0.05) is 10.9 Å². The third-order valence-corrected chi connectivity index (χ3v) is 5.23. The number of nitrogens with zero attached hydrogens (tertiary/aromatic N) is 1. The van der Waals surface area contributed by atoms with Crippen molar-refractivity contribution < 1.29 is 14.3 Å². The zero-order valence-corrected chi connectivity index (χ0v) is 16.4. The molecule has 0 radical (unpaired) electrons. The maximum Gasteiger partial charge on any atom is 0.312 e. The number of carbonyl (C=O) groups excluding carboxylic acids is 2. The van der Waals surface area contributed by atoms with Crippen molar-refractivity contribution in [3.05, 3.63) is 74.2 Å². The van der Waals surface area contributed by atoms with Crippen molar-refractivity contribution in [3.8, 4) is 0 Å². The summed E-state index contributed by atoms with van der Waals surface area (Å²) in [5, 5.41) is 7.39. The number of benzene rings is 2. The maximum absolute atomic E-state index is 12.6. The topological polar surface area (TPSA) is 89.1 Å². The first-order valence-electron chi connectivity index (χ1n) is 9.02. The molecule has 0 unspecified atom stereocenters. The van der Waals surface area contributed by atoms with E-state index >= 15 is 0 Å². The molecule has 6 nitrogen and oxygen atoms in total. The van der Waals surface area contributed by atoms with Crippen LogP contribution >= 0.6 is 0 Å². The van der Waals surface area contributed by atoms with E-state index in [-0.39, 0.29) is 24.4 Å². The molecular formula is C22H22N2O4. The van der Waals surface area contributed by atoms with Crippen LogP contribution in [0.1, 0.15) is 38.3 Å². The summed E-state index contributed by atoms with van der Waals surface area (Å²) in [4.78, 5) is 36.6. The van der Waals surface area contributed by atoms with Gasteiger partial charge in [0.2, 0.25) is 5.78 Å². The number of ether oxygens (including phenoxy) is 1. The van der Waals surface area contributed by atoms with Gasteiger partial charge in [0.05, 0.1) is 17.5 Å². The molecule has 28 heavy (non-hydrogen) atoms. The standard InChI is InChI=1S/C22H22N2O4/c1-12-9-18(15(4)14(3)13(12)2)20(25)11-28-21(26)10-19-16-7-5-6-8-17(16)22(27)24-23-19/h5-9H,10-11H2,1-4H3,(H,24,27). The Morgan fingerprint density at radius 3 is 2.39 bits per heavy atom. The molecule has 0 spiro atoms. The second-order valence-corrected chi connectivity index (χ2v) is 6.92. The van der Waals surface area contributed by atoms with Gasteiger partial charge >= 0.3 is 5.97 Å². The summed E-state index contributed by atoms with van der Waals surface area (Å²) < 4.78 is 5.19. The first-order chi connectivity index (χ1) is 13.3. The van der Waals surface area contributed by atoms with E-state index in [1.54, 1.807) is 24.3 Å². The largest absolute Gasteiger partial charge is 0.457 e. The number of aryl methyl sites for hydroxylation is 1. The van der Waals surface area contributed by atoms with E-state index in [9.17, 15) is 14.4 Å². The molecule has 1 N–H and O–H groups in total. The minimum Gasteiger partial charge on any atom is -0.457 e. The van der Waals surface area contributed by atoms with E-state index in [2.05, 4.69) is 10.2 Å². The highest BCUT2D eigenvalue weighted by molar-refractivity contribution is 6.00. The number of hydrogen-bond donors (Lipinski definition) is 1. The van der Waals surface area contributed by atoms with Crippen LogP contribution in [0.5, 0.6) is 0 Å². The molecule has 0 atom stereocenters. The zero-order chi connectivity index (χ0) is 20.4. The molecule has 0 fully saturated rings. The molecule has 3 rings (SSSR count). The van der Waals surface area contributed by atoms with Gasteiger partial charge in [-0.25, -0.2) is 5.10 Å². The number of esters is 1. The van der Waals surface area contributed by atoms with Crippen LogP contribution in [0.15, 0.2) is 35.1 Å². The SMILES string of the molecule is Cc1cc(C(=O)COC(=O)Cc2n[nH]c(=O)c3ccccc23)c(C)c(C)c1C. The van der Waals surface area contributed by atoms with E-state index in [0.29, 0.717) is 22.0 Å². The van der Waals surface area contributed by atoms with Gasteiger partial charge in [-0.3, -0.25) is 14.4 Å². The number of fused-ring (bicyclic) bond motifs is 1. The quantitative estimate of drug-likeness (QED) is 0.544. The molecule has 1 aromatic heterocycles. The maximum atomic E-state index is 12.6. The lowest BCUT2D eigenvalue weighted by Crippen LogP contribution is -2.19. The van der Waals surface area contributed by atoms with Gasteiger partial charge in [0.1, 0.15) is 0 Å². The molecule has 0 bridgehead atoms. The predicted molar refractivity (Wildman–Crippen MR) is 107 cm³/mol. The normalized spacial score (nSPS) is 10.9. The highest BCUT2D eigenvalue weighted by Crippen LogP contribution is 2.21. The van der Waals surface area contributed by atoms with Crippen LogP contribution in [0.2, 0.25) is 0 Å². The molecule has 6 heteroatoms. The average molecular weight is 378 g/mol. The van der Waals surface area contributed by atoms with Gasteiger partial charge < -0.3 is 4.74 Å². The van der Waals surface area contributed by atoms with E-state index in [0.717, 1.165) is 22.3 Å². The van der Waals surface area contributed by atoms with Crippen LogP contribution in [-0.2, 0) is 16.0 Å². The number of nitrogens with one attached hydrogen (secondary N) is 1. The number of H-pyrrole nitrogens is 1. The molecular weight excluding hydrogens is 356 g/mol. The lowest BCUT2D eigenvalue weighted by atomic mass is 9.93. The van der Waals surface area contributed by atoms with E-state index in [1.807, 2.05) is 33.8 Å². The van der Waals surface area contributed by atoms with Gasteiger partial charge in [-0.05, 0) is 62.1 Å². The van der Waals surface area contributed by atoms with Crippen LogP contribution in [0.25, 0.3) is 10.8 Å². The zero-order valence-electron chi connectivity index (χ0n) is 16.4. The van der Waals surface area contributed by atoms with Crippen LogP contribution in [0, 0.1) is 27.7 Å². The number of aromatic amines is 1. The lowest BCUT2D eigenvalue weighted by molar-refractivity contribution is -0.141. The molecule has 2 aromatic carbocycles. The van der Waals surface area contributed by atoms with Gasteiger partial charge in [0.25, 0.3) is 5.56 Å². The summed E-state index contributed by atoms with van der Waals surface area (Å²) in [5.41, 5.74) is 4.81. The van der Waals surface area contributed by atoms with Crippen molar-refractivity contribution in [1.82, 2.24) is 10.2 Å². The van der Waals surface area contributed by atoms with Crippen molar-refractivity contribution in [3.63, 3.8) is 0 Å². The molecule has 0 saturated heterocycles. The molecule has 0 aliphatic heterocycles. The smallest absolute Gasteiger partial charge is 0.312 e. The molecule has 144 valence electrons. The van der Waals surface area contributed by atoms with Crippen molar-refractivity contribution in [2.75, 3.05) is 6.61 Å². The fourth-order valence-electron chi connectivity index (χ4n) is 3.22. The minimum atomic E-state index is -0.573. The van der Waals surface area contributed by atoms with Crippen LogP contribution in [0.4, 0.5) is 0 Å². The summed E-state index contributed by atoms with van der Waals surface area (Å²) in [6.07, 6.45) is -0.129. The van der Waals surface area contributed by atoms with E-state index in [1.165, 1.54) is 0 Å². The van der Waals surface area contributed by atoms with Crippen LogP contribution in [-0.4, -0.2) is 28.6 Å². The van der Waals surface area contributed by atoms with Crippen LogP contribution in [0.3, 0.4) is 0 Å². The monoisotopic (exact) mass is 378 g/mol. The van der Waals surface area contributed by atoms with Crippen molar-refractivity contribution in [2.24, 2.45) is 0 Å². The molecule has 0 aliphatic carbocycles. The second kappa shape index (κ2) is 7.76. The first kappa shape index (κ1) is 19.5. The summed E-state index contributed by atoms with van der Waals surface area (Å²) in [6.45, 7) is 7.52. The number of ketones is 1. The summed E-state index contributed by atoms with van der Waals surface area (Å²) >= 11 is 0. The Morgan fingerprint density at radius 2 is 1.68 bits per heavy atom. The minimum absolute atomic E-state index is 0.129. The van der Waals surface area contributed by atoms with Gasteiger partial charge in [-0.2, -0.15) is 5.10 Å². The molecule has 3 aromatic rings. The van der Waals surface area contributed by atoms with Gasteiger partial charge in [0.15, 0.2) is 6.61 Å². The average Bonchev–Trinajstić information content (AvgIpc) is 2.69. The highest BCUT2D eigenvalue weighted by Gasteiger charge is 2.17. The Morgan fingerprint density at radius 1 is 1.00 bits per heavy atom. The predicted octanol–water partition coefficient (Wildman–Crippen LogP) is 3.13. The second-order valence-electron chi connectivity index (χ2n) is 6.92. The number of Topliss-reactive ketones (excluding diaryl/α,β-unsaturated/α-hetero) is 1. The van der Waals surface area contributed by atoms with Crippen molar-refractivity contribution >= 4 is 22.5 Å². The Labute approximate surface area is 162 Å². The first-order valence-corrected chi connectivity index (χ1v) is 9.02. The number of carbonyl (C=O) groups is 2. The van der Waals surface area contributed by atoms with Gasteiger partial charge in [-0.1, -0.05) is 18.2 Å². The van der Waals surface area contributed by atoms with Gasteiger partial charge in [-0.15, -0.1) is 0 Å². The Kier molecular flexibility index (Phi) is 5.40. The lowest BCUT2D eigenvalue weighted by Gasteiger charge is -2.13. The van der Waals surface area contributed by atoms with Crippen molar-refractivity contribution in [2.45, 2.75) is 34.1 Å². The Balaban J connectivity index is 1.73. The fourth-order valence-corrected chi connectivity index (χ4v) is 3.22. The molecule has 0 amide bonds. The summed E-state index contributed by atoms with van der Waals surface area (Å²) in [6, 6.07) is 8.75. The third kappa shape index (κ3) is 3.71. The van der Waals surface area contributed by atoms with Crippen molar-refractivity contribution in [1.29, 1.82) is 0 Å². The molecule has 0 aliphatic rings. The molecule has 1 heterocycles. The van der Waals surface area contributed by atoms with Crippen LogP contribution < -0.4 is 5.56 Å². The Hall–Kier alpha value is -3.28. The van der Waals surface area contributed by atoms with E-state index in [4.69, 9.17) is 4.74 Å². The highest BCUT2D eigenvalue weighted by atomic mass is 16.5. The number of aromatic nitrogens is 2. The third-order valence-electron chi connectivity index (χ3n) is 5.23. The number of hydrogen-bond acceptors (Lipinski definition) is 5. The number of rotatable bonds is 5.